The van der Waals surface area contributed by atoms with Gasteiger partial charge in [0.2, 0.25) is 0 Å². The first-order valence-corrected chi connectivity index (χ1v) is 5.32. The molecule has 1 N–H and O–H groups in total. The van der Waals surface area contributed by atoms with Crippen molar-refractivity contribution in [1.29, 1.82) is 5.26 Å². The van der Waals surface area contributed by atoms with Gasteiger partial charge in [-0.15, -0.1) is 0 Å². The third-order valence-electron chi connectivity index (χ3n) is 2.78. The Morgan fingerprint density at radius 3 is 2.94 bits per heavy atom. The van der Waals surface area contributed by atoms with Gasteiger partial charge in [0.25, 0.3) is 0 Å². The monoisotopic (exact) mass is 230 g/mol. The molecule has 0 aliphatic carbocycles. The number of nitriles is 1. The number of H-pyrrole nitrogens is 1. The highest BCUT2D eigenvalue weighted by Crippen LogP contribution is 2.15. The van der Waals surface area contributed by atoms with Gasteiger partial charge in [-0.05, 0) is 25.5 Å². The molecule has 3 nitrogen and oxygen atoms in total. The highest BCUT2D eigenvalue weighted by molar-refractivity contribution is 5.79. The fourth-order valence-corrected chi connectivity index (χ4v) is 1.92. The first-order chi connectivity index (χ1) is 8.15. The van der Waals surface area contributed by atoms with Crippen LogP contribution < -0.4 is 5.43 Å². The van der Waals surface area contributed by atoms with Crippen molar-refractivity contribution in [2.75, 3.05) is 0 Å². The molecule has 4 heteroatoms. The highest BCUT2D eigenvalue weighted by Gasteiger charge is 2.11. The van der Waals surface area contributed by atoms with Crippen LogP contribution >= 0.6 is 0 Å². The number of hydrogen-bond acceptors (Lipinski definition) is 2. The molecule has 1 aromatic carbocycles. The van der Waals surface area contributed by atoms with Crippen molar-refractivity contribution < 1.29 is 4.39 Å². The van der Waals surface area contributed by atoms with Crippen molar-refractivity contribution >= 4 is 10.9 Å². The normalized spacial score (nSPS) is 10.4. The summed E-state index contributed by atoms with van der Waals surface area (Å²) in [5, 5.41) is 8.88. The molecule has 0 aliphatic rings. The van der Waals surface area contributed by atoms with E-state index in [0.29, 0.717) is 23.1 Å². The summed E-state index contributed by atoms with van der Waals surface area (Å²) in [6, 6.07) is 6.42. The lowest BCUT2D eigenvalue weighted by Gasteiger charge is -2.06. The Kier molecular flexibility index (Phi) is 2.92. The number of pyridine rings is 1. The van der Waals surface area contributed by atoms with Gasteiger partial charge < -0.3 is 4.98 Å². The van der Waals surface area contributed by atoms with Gasteiger partial charge in [0.05, 0.1) is 11.6 Å². The van der Waals surface area contributed by atoms with E-state index in [0.717, 1.165) is 0 Å². The lowest BCUT2D eigenvalue weighted by molar-refractivity contribution is 0.636. The van der Waals surface area contributed by atoms with E-state index in [1.807, 2.05) is 6.07 Å². The van der Waals surface area contributed by atoms with Crippen LogP contribution in [-0.2, 0) is 6.42 Å². The fourth-order valence-electron chi connectivity index (χ4n) is 1.92. The summed E-state index contributed by atoms with van der Waals surface area (Å²) in [5.41, 5.74) is 1.23. The lowest BCUT2D eigenvalue weighted by Crippen LogP contribution is -2.13. The minimum Gasteiger partial charge on any atom is -0.356 e. The van der Waals surface area contributed by atoms with Crippen LogP contribution in [0.2, 0.25) is 0 Å². The number of benzene rings is 1. The average Bonchev–Trinajstić information content (AvgIpc) is 2.31. The van der Waals surface area contributed by atoms with Crippen LogP contribution in [0.15, 0.2) is 23.0 Å². The Bertz CT molecular complexity index is 667. The van der Waals surface area contributed by atoms with Gasteiger partial charge in [-0.1, -0.05) is 6.07 Å². The number of fused-ring (bicyclic) bond motifs is 1. The summed E-state index contributed by atoms with van der Waals surface area (Å²) in [6.45, 7) is 1.72. The maximum Gasteiger partial charge on any atom is 0.192 e. The molecular weight excluding hydrogens is 219 g/mol. The van der Waals surface area contributed by atoms with Gasteiger partial charge in [0.1, 0.15) is 5.82 Å². The van der Waals surface area contributed by atoms with Crippen LogP contribution in [0.25, 0.3) is 10.9 Å². The summed E-state index contributed by atoms with van der Waals surface area (Å²) in [5.74, 6) is -0.436. The van der Waals surface area contributed by atoms with E-state index in [1.165, 1.54) is 12.1 Å². The van der Waals surface area contributed by atoms with Crippen LogP contribution in [0.1, 0.15) is 17.7 Å². The van der Waals surface area contributed by atoms with Crippen LogP contribution in [-0.4, -0.2) is 4.98 Å². The van der Waals surface area contributed by atoms with Gasteiger partial charge in [-0.3, -0.25) is 4.79 Å². The molecule has 0 bridgehead atoms. The molecule has 1 heterocycles. The third-order valence-corrected chi connectivity index (χ3v) is 2.78. The van der Waals surface area contributed by atoms with E-state index in [4.69, 9.17) is 5.26 Å². The zero-order valence-corrected chi connectivity index (χ0v) is 9.38. The lowest BCUT2D eigenvalue weighted by atomic mass is 10.0. The number of nitrogens with one attached hydrogen (secondary N) is 1. The van der Waals surface area contributed by atoms with E-state index < -0.39 is 5.82 Å². The van der Waals surface area contributed by atoms with Crippen molar-refractivity contribution in [2.24, 2.45) is 0 Å². The molecule has 0 saturated carbocycles. The number of aromatic nitrogens is 1. The molecule has 0 atom stereocenters. The molecule has 17 heavy (non-hydrogen) atoms. The number of hydrogen-bond donors (Lipinski definition) is 1. The van der Waals surface area contributed by atoms with Crippen molar-refractivity contribution in [2.45, 2.75) is 19.8 Å². The summed E-state index contributed by atoms with van der Waals surface area (Å²) in [7, 11) is 0. The van der Waals surface area contributed by atoms with Crippen LogP contribution in [0.5, 0.6) is 0 Å². The number of aryl methyl sites for hydroxylation is 1. The van der Waals surface area contributed by atoms with Crippen molar-refractivity contribution in [1.82, 2.24) is 4.98 Å². The molecule has 0 unspecified atom stereocenters. The Morgan fingerprint density at radius 1 is 1.47 bits per heavy atom. The molecule has 0 amide bonds. The Balaban J connectivity index is 2.73. The third kappa shape index (κ3) is 1.92. The number of rotatable bonds is 2. The summed E-state index contributed by atoms with van der Waals surface area (Å²) >= 11 is 0. The van der Waals surface area contributed by atoms with Crippen LogP contribution in [0, 0.1) is 24.1 Å². The molecule has 0 radical (unpaired) electrons. The second-order valence-corrected chi connectivity index (χ2v) is 3.88. The Labute approximate surface area is 97.5 Å². The minimum atomic E-state index is -0.436. The quantitative estimate of drug-likeness (QED) is 0.861. The van der Waals surface area contributed by atoms with Crippen molar-refractivity contribution in [3.63, 3.8) is 0 Å². The van der Waals surface area contributed by atoms with Gasteiger partial charge in [0, 0.05) is 23.1 Å². The van der Waals surface area contributed by atoms with Crippen molar-refractivity contribution in [3.8, 4) is 6.07 Å². The topological polar surface area (TPSA) is 56.6 Å². The van der Waals surface area contributed by atoms with Crippen LogP contribution in [0.3, 0.4) is 0 Å². The molecule has 1 aromatic heterocycles. The van der Waals surface area contributed by atoms with E-state index in [1.54, 1.807) is 13.0 Å². The fraction of sp³-hybridized carbons (Fsp3) is 0.231. The molecule has 0 fully saturated rings. The number of para-hydroxylation sites is 1. The van der Waals surface area contributed by atoms with Crippen LogP contribution in [0.4, 0.5) is 4.39 Å². The highest BCUT2D eigenvalue weighted by atomic mass is 19.1. The second-order valence-electron chi connectivity index (χ2n) is 3.88. The largest absolute Gasteiger partial charge is 0.356 e. The molecule has 0 spiro atoms. The summed E-state index contributed by atoms with van der Waals surface area (Å²) < 4.78 is 13.5. The maximum absolute atomic E-state index is 13.5. The van der Waals surface area contributed by atoms with Gasteiger partial charge in [0.15, 0.2) is 5.43 Å². The van der Waals surface area contributed by atoms with Gasteiger partial charge in [-0.25, -0.2) is 4.39 Å². The zero-order valence-electron chi connectivity index (χ0n) is 9.38. The summed E-state index contributed by atoms with van der Waals surface area (Å²) in [6.07, 6.45) is 0.675. The number of nitrogens with zero attached hydrogens (tertiary/aromatic N) is 1. The predicted octanol–water partition coefficient (Wildman–Crippen LogP) is 2.43. The molecule has 2 rings (SSSR count). The second kappa shape index (κ2) is 4.38. The first-order valence-electron chi connectivity index (χ1n) is 5.32. The summed E-state index contributed by atoms with van der Waals surface area (Å²) in [4.78, 5) is 15.0. The minimum absolute atomic E-state index is 0.189. The number of aromatic amines is 1. The maximum atomic E-state index is 13.5. The van der Waals surface area contributed by atoms with E-state index in [9.17, 15) is 9.18 Å². The number of halogens is 1. The first kappa shape index (κ1) is 11.3. The molecule has 0 aliphatic heterocycles. The van der Waals surface area contributed by atoms with Crippen molar-refractivity contribution in [3.05, 3.63) is 45.5 Å². The van der Waals surface area contributed by atoms with E-state index in [2.05, 4.69) is 4.98 Å². The molecular formula is C13H11FN2O. The van der Waals surface area contributed by atoms with E-state index in [-0.39, 0.29) is 17.4 Å². The zero-order chi connectivity index (χ0) is 12.4. The SMILES string of the molecule is Cc1[nH]c2c(F)cccc2c(=O)c1CCC#N. The van der Waals surface area contributed by atoms with Gasteiger partial charge in [-0.2, -0.15) is 5.26 Å². The average molecular weight is 230 g/mol. The predicted molar refractivity (Wildman–Crippen MR) is 63.2 cm³/mol. The Hall–Kier alpha value is -2.15. The van der Waals surface area contributed by atoms with E-state index >= 15 is 0 Å². The Morgan fingerprint density at radius 2 is 2.24 bits per heavy atom. The molecule has 2 aromatic rings. The molecule has 0 saturated heterocycles. The standard InChI is InChI=1S/C13H11FN2O/c1-8-9(5-3-7-15)13(17)10-4-2-6-11(14)12(10)16-8/h2,4,6H,3,5H2,1H3,(H,16,17). The smallest absolute Gasteiger partial charge is 0.192 e. The molecule has 86 valence electrons. The van der Waals surface area contributed by atoms with Gasteiger partial charge >= 0.3 is 0 Å².